The van der Waals surface area contributed by atoms with Crippen LogP contribution in [0.5, 0.6) is 11.5 Å². The van der Waals surface area contributed by atoms with Crippen molar-refractivity contribution in [3.8, 4) is 11.5 Å². The largest absolute Gasteiger partial charge is 0.483 e. The number of nitrogens with zero attached hydrogens (tertiary/aromatic N) is 4. The number of aliphatic carboxylic acids is 1. The topological polar surface area (TPSA) is 414 Å². The number of imide groups is 4. The van der Waals surface area contributed by atoms with Crippen molar-refractivity contribution < 1.29 is 72.1 Å². The van der Waals surface area contributed by atoms with Crippen LogP contribution in [0.4, 0.5) is 22.7 Å². The van der Waals surface area contributed by atoms with Gasteiger partial charge in [0.1, 0.15) is 23.6 Å². The number of fused-ring (bicyclic) bond motifs is 4. The molecule has 6 heterocycles. The molecular weight excluding hydrogens is 1370 g/mol. The van der Waals surface area contributed by atoms with Crippen molar-refractivity contribution in [2.24, 2.45) is 17.2 Å². The molecule has 0 bridgehead atoms. The first-order valence-electron chi connectivity index (χ1n) is 36.0. The molecule has 11 amide bonds. The Morgan fingerprint density at radius 2 is 0.897 bits per heavy atom. The number of pyridine rings is 2. The number of anilines is 4. The van der Waals surface area contributed by atoms with Gasteiger partial charge in [0.25, 0.3) is 41.4 Å². The molecule has 0 radical (unpaired) electrons. The van der Waals surface area contributed by atoms with Crippen LogP contribution in [0.1, 0.15) is 189 Å². The van der Waals surface area contributed by atoms with Crippen LogP contribution in [0.2, 0.25) is 0 Å². The number of aromatic nitrogens is 2. The van der Waals surface area contributed by atoms with Gasteiger partial charge in [-0.05, 0) is 142 Å². The highest BCUT2D eigenvalue weighted by molar-refractivity contribution is 6.26. The van der Waals surface area contributed by atoms with E-state index in [4.69, 9.17) is 31.8 Å². The van der Waals surface area contributed by atoms with Crippen molar-refractivity contribution >= 4 is 116 Å². The van der Waals surface area contributed by atoms with Gasteiger partial charge in [-0.2, -0.15) is 0 Å². The second-order valence-electron chi connectivity index (χ2n) is 26.3. The van der Waals surface area contributed by atoms with Crippen molar-refractivity contribution in [2.45, 2.75) is 141 Å². The molecule has 2 atom stereocenters. The lowest BCUT2D eigenvalue weighted by Crippen LogP contribution is -2.54. The molecule has 0 saturated carbocycles. The third kappa shape index (κ3) is 20.0. The van der Waals surface area contributed by atoms with Gasteiger partial charge in [0, 0.05) is 53.9 Å². The molecule has 4 aliphatic heterocycles. The van der Waals surface area contributed by atoms with E-state index >= 15 is 0 Å². The maximum absolute atomic E-state index is 13.2. The number of nitrogens with one attached hydrogen (secondary N) is 5. The van der Waals surface area contributed by atoms with E-state index in [0.717, 1.165) is 126 Å². The Morgan fingerprint density at radius 3 is 1.31 bits per heavy atom. The molecule has 2 unspecified atom stereocenters. The second kappa shape index (κ2) is 37.4. The maximum atomic E-state index is 13.2. The number of benzene rings is 6. The zero-order valence-electron chi connectivity index (χ0n) is 59.2. The van der Waals surface area contributed by atoms with Crippen molar-refractivity contribution in [1.29, 1.82) is 0 Å². The van der Waals surface area contributed by atoms with Crippen molar-refractivity contribution in [3.63, 3.8) is 0 Å². The molecule has 12 N–H and O–H groups in total. The molecule has 0 spiro atoms. The van der Waals surface area contributed by atoms with Crippen LogP contribution in [-0.4, -0.2) is 134 Å². The van der Waals surface area contributed by atoms with E-state index in [-0.39, 0.29) is 72.0 Å². The van der Waals surface area contributed by atoms with Gasteiger partial charge >= 0.3 is 5.97 Å². The maximum Gasteiger partial charge on any atom is 0.341 e. The molecule has 12 rings (SSSR count). The van der Waals surface area contributed by atoms with E-state index in [2.05, 4.69) is 60.8 Å². The summed E-state index contributed by atoms with van der Waals surface area (Å²) in [7, 11) is 0. The van der Waals surface area contributed by atoms with E-state index in [1.807, 2.05) is 72.8 Å². The predicted octanol–water partition coefficient (Wildman–Crippen LogP) is 9.81. The van der Waals surface area contributed by atoms with E-state index in [9.17, 15) is 57.5 Å². The molecule has 27 nitrogen and oxygen atoms in total. The molecule has 556 valence electrons. The highest BCUT2D eigenvalue weighted by atomic mass is 16.5. The van der Waals surface area contributed by atoms with Crippen molar-refractivity contribution in [1.82, 2.24) is 35.7 Å². The van der Waals surface area contributed by atoms with Crippen LogP contribution in [0.15, 0.2) is 146 Å². The minimum absolute atomic E-state index is 0.00799. The number of piperidine rings is 2. The van der Waals surface area contributed by atoms with Crippen LogP contribution in [0.3, 0.4) is 0 Å². The normalized spacial score (nSPS) is 15.1. The summed E-state index contributed by atoms with van der Waals surface area (Å²) in [4.78, 5) is 156. The predicted molar refractivity (Wildman–Crippen MR) is 399 cm³/mol. The number of carbonyl (C=O) groups is 12. The van der Waals surface area contributed by atoms with Crippen LogP contribution in [0, 0.1) is 0 Å². The third-order valence-corrected chi connectivity index (χ3v) is 18.7. The first-order chi connectivity index (χ1) is 51.8. The Hall–Kier alpha value is -12.3. The lowest BCUT2D eigenvalue weighted by molar-refractivity contribution is -0.139. The molecule has 6 aromatic carbocycles. The van der Waals surface area contributed by atoms with Gasteiger partial charge in [0.2, 0.25) is 23.6 Å². The van der Waals surface area contributed by atoms with Crippen LogP contribution >= 0.6 is 0 Å². The fourth-order valence-corrected chi connectivity index (χ4v) is 13.2. The number of para-hydroxylation sites is 2. The van der Waals surface area contributed by atoms with Gasteiger partial charge < -0.3 is 47.7 Å². The number of carbonyl (C=O) groups excluding carboxylic acids is 11. The van der Waals surface area contributed by atoms with Crippen LogP contribution in [-0.2, 0) is 41.6 Å². The Morgan fingerprint density at radius 1 is 0.486 bits per heavy atom. The number of hydrogen-bond donors (Lipinski definition) is 9. The number of ether oxygens (including phenoxy) is 2. The molecule has 2 fully saturated rings. The lowest BCUT2D eigenvalue weighted by atomic mass is 10.0. The first-order valence-corrected chi connectivity index (χ1v) is 36.0. The minimum Gasteiger partial charge on any atom is -0.483 e. The number of hydrogen-bond acceptors (Lipinski definition) is 19. The number of carboxylic acid groups (broad SMARTS) is 1. The quantitative estimate of drug-likeness (QED) is 0.0136. The Balaban J connectivity index is 0.000000190. The molecule has 2 aromatic heterocycles. The first kappa shape index (κ1) is 77.4. The SMILES string of the molecule is NC(=O)c1cnc2ccc(CCCCCCCCCNC(=O)COc3cccc4c3C(=O)N(C3CCC(=O)NC3=O)C4=O)cc2c1Nc1ccccc1.NCCCCCCCCCc1ccc2ncc(C(N)=O)c(Nc3ccccc3)c2c1.O=C(O)COc1cccc2c1C(=O)N(C1CCC(=O)NC1=O)C2=O. The number of primary amides is 2. The number of carboxylic acids is 1. The van der Waals surface area contributed by atoms with E-state index in [1.165, 1.54) is 79.8 Å². The summed E-state index contributed by atoms with van der Waals surface area (Å²) >= 11 is 0. The molecule has 4 aliphatic rings. The zero-order valence-corrected chi connectivity index (χ0v) is 59.2. The molecule has 27 heteroatoms. The van der Waals surface area contributed by atoms with E-state index in [0.29, 0.717) is 23.4 Å². The van der Waals surface area contributed by atoms with E-state index in [1.54, 1.807) is 12.3 Å². The van der Waals surface area contributed by atoms with Gasteiger partial charge in [-0.3, -0.25) is 83.1 Å². The van der Waals surface area contributed by atoms with Gasteiger partial charge in [0.05, 0.1) is 55.8 Å². The van der Waals surface area contributed by atoms with Gasteiger partial charge in [-0.15, -0.1) is 0 Å². The van der Waals surface area contributed by atoms with Gasteiger partial charge in [0.15, 0.2) is 13.2 Å². The Kier molecular flexibility index (Phi) is 27.1. The Labute approximate surface area is 617 Å². The zero-order chi connectivity index (χ0) is 75.9. The number of unbranched alkanes of at least 4 members (excludes halogenated alkanes) is 12. The average molecular weight is 1460 g/mol. The van der Waals surface area contributed by atoms with E-state index < -0.39 is 83.7 Å². The second-order valence-corrected chi connectivity index (χ2v) is 26.3. The van der Waals surface area contributed by atoms with Gasteiger partial charge in [-0.1, -0.05) is 125 Å². The highest BCUT2D eigenvalue weighted by Gasteiger charge is 2.48. The molecule has 107 heavy (non-hydrogen) atoms. The summed E-state index contributed by atoms with van der Waals surface area (Å²) in [5.74, 6) is -7.60. The number of amides is 11. The summed E-state index contributed by atoms with van der Waals surface area (Å²) in [6, 6.07) is 38.5. The molecule has 8 aromatic rings. The average Bonchev–Trinajstić information content (AvgIpc) is 1.65. The lowest BCUT2D eigenvalue weighted by Gasteiger charge is -2.27. The minimum atomic E-state index is -1.23. The van der Waals surface area contributed by atoms with Crippen molar-refractivity contribution in [3.05, 3.63) is 190 Å². The highest BCUT2D eigenvalue weighted by Crippen LogP contribution is 2.37. The fraction of sp³-hybridized carbons (Fsp3) is 0.325. The third-order valence-electron chi connectivity index (χ3n) is 18.7. The molecule has 0 aliphatic carbocycles. The monoisotopic (exact) mass is 1450 g/mol. The smallest absolute Gasteiger partial charge is 0.341 e. The standard InChI is InChI=1S/C40H42N6O7.C25H32N4O.C15H12N2O7/c41-37(49)29-23-43-30-18-17-25(22-28(30)36(29)44-26-13-8-6-9-14-26)12-7-4-2-1-3-5-10-21-42-34(48)24-53-32-16-11-15-27-35(32)40(52)46(39(27)51)31-19-20-33(47)45-38(31)50;26-16-10-5-3-1-2-4-7-11-19-14-15-23-21(17-19)24(22(18-28-23)25(27)30)29-20-12-8-6-9-13-20;18-10-5-4-8(13(21)16-10)17-14(22)7-2-1-3-9(12(7)15(17)23)24-6-11(19)20/h6,8-9,11,13-18,22-23,31H,1-5,7,10,12,19-21,24H2,(H2,41,49)(H,42,48)(H,43,44)(H,45,47,50);6,8-9,12-15,17-18H,1-5,7,10-11,16,26H2,(H2,27,30)(H,28,29);1-3,8H,4-6H2,(H,19,20)(H,16,18,21). The van der Waals surface area contributed by atoms with Gasteiger partial charge in [-0.25, -0.2) is 4.79 Å². The van der Waals surface area contributed by atoms with Crippen LogP contribution in [0.25, 0.3) is 21.8 Å². The summed E-state index contributed by atoms with van der Waals surface area (Å²) in [5, 5.41) is 24.3. The molecule has 2 saturated heterocycles. The molecular formula is C80H86N12O15. The summed E-state index contributed by atoms with van der Waals surface area (Å²) in [5.41, 5.74) is 24.9. The van der Waals surface area contributed by atoms with Crippen LogP contribution < -0.4 is 53.3 Å². The van der Waals surface area contributed by atoms with Crippen molar-refractivity contribution in [2.75, 3.05) is 36.9 Å². The summed E-state index contributed by atoms with van der Waals surface area (Å²) < 4.78 is 10.7. The number of aryl methyl sites for hydroxylation is 2. The summed E-state index contributed by atoms with van der Waals surface area (Å²) in [6.07, 6.45) is 20.9. The Bertz CT molecular complexity index is 4670. The summed E-state index contributed by atoms with van der Waals surface area (Å²) in [6.45, 7) is 0.290. The fourth-order valence-electron chi connectivity index (χ4n) is 13.2. The number of rotatable bonds is 33. The number of nitrogens with two attached hydrogens (primary N) is 3.